The average molecular weight is 655 g/mol. The lowest BCUT2D eigenvalue weighted by molar-refractivity contribution is -0.140. The zero-order chi connectivity index (χ0) is 31.7. The molecule has 0 saturated carbocycles. The van der Waals surface area contributed by atoms with Gasteiger partial charge in [-0.1, -0.05) is 83.9 Å². The van der Waals surface area contributed by atoms with Crippen molar-refractivity contribution in [1.82, 2.24) is 10.2 Å². The quantitative estimate of drug-likeness (QED) is 0.192. The molecule has 4 aromatic carbocycles. The van der Waals surface area contributed by atoms with Crippen molar-refractivity contribution in [3.05, 3.63) is 124 Å². The van der Waals surface area contributed by atoms with Gasteiger partial charge in [-0.3, -0.25) is 13.9 Å². The number of nitrogens with zero attached hydrogens (tertiary/aromatic N) is 2. The van der Waals surface area contributed by atoms with Gasteiger partial charge in [0.25, 0.3) is 10.0 Å². The van der Waals surface area contributed by atoms with Gasteiger partial charge in [0.1, 0.15) is 18.3 Å². The van der Waals surface area contributed by atoms with E-state index in [0.717, 1.165) is 9.87 Å². The van der Waals surface area contributed by atoms with Crippen LogP contribution in [-0.4, -0.2) is 51.4 Å². The van der Waals surface area contributed by atoms with E-state index < -0.39 is 28.5 Å². The Bertz CT molecular complexity index is 1690. The number of carbonyl (C=O) groups is 2. The van der Waals surface area contributed by atoms with Crippen LogP contribution in [0.4, 0.5) is 5.69 Å². The zero-order valence-corrected chi connectivity index (χ0v) is 26.6. The van der Waals surface area contributed by atoms with Gasteiger partial charge in [0.2, 0.25) is 11.8 Å². The SMILES string of the molecule is CCNC(=O)[C@H](Cc1ccccc1)N(Cc1cccc(OC)c1)C(=O)CN(c1ccc(Cl)cc1Cl)S(=O)(=O)c1ccccc1. The van der Waals surface area contributed by atoms with Gasteiger partial charge < -0.3 is 15.0 Å². The number of ether oxygens (including phenoxy) is 1. The summed E-state index contributed by atoms with van der Waals surface area (Å²) >= 11 is 12.6. The maximum Gasteiger partial charge on any atom is 0.264 e. The summed E-state index contributed by atoms with van der Waals surface area (Å²) in [6.07, 6.45) is 0.204. The number of sulfonamides is 1. The molecule has 8 nitrogen and oxygen atoms in total. The number of hydrogen-bond donors (Lipinski definition) is 1. The maximum atomic E-state index is 14.4. The summed E-state index contributed by atoms with van der Waals surface area (Å²) in [6.45, 7) is 1.52. The van der Waals surface area contributed by atoms with E-state index in [2.05, 4.69) is 5.32 Å². The lowest BCUT2D eigenvalue weighted by Crippen LogP contribution is -2.53. The second kappa shape index (κ2) is 15.1. The van der Waals surface area contributed by atoms with Crippen molar-refractivity contribution in [2.24, 2.45) is 0 Å². The first-order valence-corrected chi connectivity index (χ1v) is 16.1. The molecule has 11 heteroatoms. The highest BCUT2D eigenvalue weighted by Crippen LogP contribution is 2.33. The van der Waals surface area contributed by atoms with E-state index in [9.17, 15) is 18.0 Å². The minimum Gasteiger partial charge on any atom is -0.497 e. The normalized spacial score (nSPS) is 11.8. The van der Waals surface area contributed by atoms with Gasteiger partial charge in [0, 0.05) is 24.5 Å². The van der Waals surface area contributed by atoms with Crippen molar-refractivity contribution in [2.45, 2.75) is 30.8 Å². The minimum atomic E-state index is -4.28. The largest absolute Gasteiger partial charge is 0.497 e. The summed E-state index contributed by atoms with van der Waals surface area (Å²) < 4.78 is 34.4. The monoisotopic (exact) mass is 653 g/mol. The third-order valence-electron chi connectivity index (χ3n) is 6.90. The number of benzene rings is 4. The van der Waals surface area contributed by atoms with Crippen molar-refractivity contribution in [2.75, 3.05) is 24.5 Å². The first kappa shape index (κ1) is 32.9. The molecule has 44 heavy (non-hydrogen) atoms. The van der Waals surface area contributed by atoms with Gasteiger partial charge in [-0.05, 0) is 60.5 Å². The highest BCUT2D eigenvalue weighted by Gasteiger charge is 2.35. The Morgan fingerprint density at radius 3 is 2.16 bits per heavy atom. The molecule has 0 unspecified atom stereocenters. The molecule has 0 heterocycles. The molecule has 0 bridgehead atoms. The standard InChI is InChI=1S/C33H33Cl2N3O5S/c1-3-36-33(40)31(20-24-11-6-4-7-12-24)37(22-25-13-10-14-27(19-25)43-2)32(39)23-38(30-18-17-26(34)21-29(30)35)44(41,42)28-15-8-5-9-16-28/h4-19,21,31H,3,20,22-23H2,1-2H3,(H,36,40)/t31-/m0/s1. The number of carbonyl (C=O) groups excluding carboxylic acids is 2. The van der Waals surface area contributed by atoms with E-state index in [4.69, 9.17) is 27.9 Å². The third kappa shape index (κ3) is 8.11. The first-order valence-electron chi connectivity index (χ1n) is 13.9. The Balaban J connectivity index is 1.82. The van der Waals surface area contributed by atoms with E-state index in [1.165, 1.54) is 42.3 Å². The predicted octanol–water partition coefficient (Wildman–Crippen LogP) is 5.97. The van der Waals surface area contributed by atoms with Crippen LogP contribution in [0.15, 0.2) is 108 Å². The van der Waals surface area contributed by atoms with E-state index >= 15 is 0 Å². The predicted molar refractivity (Wildman–Crippen MR) is 174 cm³/mol. The minimum absolute atomic E-state index is 0.0121. The summed E-state index contributed by atoms with van der Waals surface area (Å²) in [7, 11) is -2.74. The summed E-state index contributed by atoms with van der Waals surface area (Å²) in [6, 6.07) is 27.7. The Labute approximate surface area is 268 Å². The summed E-state index contributed by atoms with van der Waals surface area (Å²) in [5.41, 5.74) is 1.61. The van der Waals surface area contributed by atoms with Crippen LogP contribution in [0.1, 0.15) is 18.1 Å². The van der Waals surface area contributed by atoms with Crippen LogP contribution in [-0.2, 0) is 32.6 Å². The molecule has 0 radical (unpaired) electrons. The van der Waals surface area contributed by atoms with E-state index in [1.807, 2.05) is 36.4 Å². The van der Waals surface area contributed by atoms with Gasteiger partial charge in [0.05, 0.1) is 22.7 Å². The van der Waals surface area contributed by atoms with Gasteiger partial charge in [-0.15, -0.1) is 0 Å². The molecule has 1 atom stereocenters. The molecule has 230 valence electrons. The zero-order valence-electron chi connectivity index (χ0n) is 24.3. The topological polar surface area (TPSA) is 96.0 Å². The molecule has 4 aromatic rings. The molecule has 1 N–H and O–H groups in total. The van der Waals surface area contributed by atoms with Gasteiger partial charge >= 0.3 is 0 Å². The molecule has 0 saturated heterocycles. The second-order valence-electron chi connectivity index (χ2n) is 9.89. The fourth-order valence-corrected chi connectivity index (χ4v) is 6.74. The molecule has 0 spiro atoms. The fraction of sp³-hybridized carbons (Fsp3) is 0.212. The van der Waals surface area contributed by atoms with Crippen LogP contribution in [0, 0.1) is 0 Å². The van der Waals surface area contributed by atoms with E-state index in [1.54, 1.807) is 43.3 Å². The first-order chi connectivity index (χ1) is 21.1. The van der Waals surface area contributed by atoms with Gasteiger partial charge in [0.15, 0.2) is 0 Å². The van der Waals surface area contributed by atoms with Crippen molar-refractivity contribution < 1.29 is 22.7 Å². The van der Waals surface area contributed by atoms with E-state index in [-0.39, 0.29) is 34.5 Å². The molecule has 2 amide bonds. The number of likely N-dealkylation sites (N-methyl/N-ethyl adjacent to an activating group) is 1. The molecule has 0 aliphatic heterocycles. The Kier molecular flexibility index (Phi) is 11.3. The van der Waals surface area contributed by atoms with Crippen molar-refractivity contribution in [3.8, 4) is 5.75 Å². The van der Waals surface area contributed by atoms with Crippen LogP contribution in [0.5, 0.6) is 5.75 Å². The fourth-order valence-electron chi connectivity index (χ4n) is 4.73. The molecule has 4 rings (SSSR count). The van der Waals surface area contributed by atoms with E-state index in [0.29, 0.717) is 22.9 Å². The van der Waals surface area contributed by atoms with Crippen LogP contribution in [0.2, 0.25) is 10.0 Å². The number of anilines is 1. The Morgan fingerprint density at radius 2 is 1.52 bits per heavy atom. The van der Waals surface area contributed by atoms with Crippen molar-refractivity contribution >= 4 is 50.7 Å². The molecule has 0 aliphatic carbocycles. The molecule has 0 aliphatic rings. The molecule has 0 fully saturated rings. The molecular formula is C33H33Cl2N3O5S. The summed E-state index contributed by atoms with van der Waals surface area (Å²) in [5.74, 6) is -0.395. The lowest BCUT2D eigenvalue weighted by atomic mass is 10.0. The van der Waals surface area contributed by atoms with Crippen LogP contribution in [0.3, 0.4) is 0 Å². The Morgan fingerprint density at radius 1 is 0.864 bits per heavy atom. The van der Waals surface area contributed by atoms with Crippen LogP contribution in [0.25, 0.3) is 0 Å². The van der Waals surface area contributed by atoms with Crippen molar-refractivity contribution in [1.29, 1.82) is 0 Å². The number of amides is 2. The number of nitrogens with one attached hydrogen (secondary N) is 1. The average Bonchev–Trinajstić information content (AvgIpc) is 3.03. The highest BCUT2D eigenvalue weighted by atomic mass is 35.5. The summed E-state index contributed by atoms with van der Waals surface area (Å²) in [4.78, 5) is 29.4. The second-order valence-corrected chi connectivity index (χ2v) is 12.6. The Hall–Kier alpha value is -4.05. The maximum absolute atomic E-state index is 14.4. The lowest BCUT2D eigenvalue weighted by Gasteiger charge is -2.34. The van der Waals surface area contributed by atoms with Crippen molar-refractivity contribution in [3.63, 3.8) is 0 Å². The number of rotatable bonds is 13. The van der Waals surface area contributed by atoms with Crippen LogP contribution >= 0.6 is 23.2 Å². The third-order valence-corrected chi connectivity index (χ3v) is 9.21. The van der Waals surface area contributed by atoms with Crippen LogP contribution < -0.4 is 14.4 Å². The number of methoxy groups -OCH3 is 1. The molecular weight excluding hydrogens is 621 g/mol. The molecule has 0 aromatic heterocycles. The number of halogens is 2. The van der Waals surface area contributed by atoms with Gasteiger partial charge in [-0.25, -0.2) is 8.42 Å². The van der Waals surface area contributed by atoms with Gasteiger partial charge in [-0.2, -0.15) is 0 Å². The number of hydrogen-bond acceptors (Lipinski definition) is 5. The highest BCUT2D eigenvalue weighted by molar-refractivity contribution is 7.92. The smallest absolute Gasteiger partial charge is 0.264 e. The summed E-state index contributed by atoms with van der Waals surface area (Å²) in [5, 5.41) is 3.20.